The Balaban J connectivity index is 1.38. The van der Waals surface area contributed by atoms with Crippen molar-refractivity contribution in [1.82, 2.24) is 10.2 Å². The number of carbonyl (C=O) groups excluding carboxylic acids is 2. The summed E-state index contributed by atoms with van der Waals surface area (Å²) in [5.41, 5.74) is 2.66. The molecule has 6 heteroatoms. The van der Waals surface area contributed by atoms with Crippen LogP contribution < -0.4 is 15.0 Å². The second-order valence-corrected chi connectivity index (χ2v) is 6.86. The molecule has 1 atom stereocenters. The topological polar surface area (TPSA) is 61.9 Å². The molecule has 27 heavy (non-hydrogen) atoms. The minimum absolute atomic E-state index is 0.0803. The van der Waals surface area contributed by atoms with Crippen LogP contribution in [-0.2, 0) is 4.79 Å². The molecular formula is C21H23N3O3. The largest absolute Gasteiger partial charge is 0.495 e. The first kappa shape index (κ1) is 17.4. The van der Waals surface area contributed by atoms with Crippen LogP contribution in [0.25, 0.3) is 0 Å². The number of benzene rings is 2. The summed E-state index contributed by atoms with van der Waals surface area (Å²) < 4.78 is 5.44. The first-order valence-corrected chi connectivity index (χ1v) is 9.23. The van der Waals surface area contributed by atoms with Gasteiger partial charge in [0.05, 0.1) is 25.3 Å². The van der Waals surface area contributed by atoms with Gasteiger partial charge in [-0.2, -0.15) is 0 Å². The van der Waals surface area contributed by atoms with Gasteiger partial charge in [0.2, 0.25) is 5.91 Å². The van der Waals surface area contributed by atoms with Crippen molar-refractivity contribution in [3.8, 4) is 5.75 Å². The Kier molecular flexibility index (Phi) is 4.71. The zero-order valence-electron chi connectivity index (χ0n) is 15.4. The molecule has 2 aliphatic heterocycles. The highest BCUT2D eigenvalue weighted by atomic mass is 16.5. The lowest BCUT2D eigenvalue weighted by molar-refractivity contribution is -0.132. The molecule has 1 N–H and O–H groups in total. The number of carbonyl (C=O) groups is 2. The van der Waals surface area contributed by atoms with Crippen LogP contribution in [0.5, 0.6) is 5.75 Å². The highest BCUT2D eigenvalue weighted by molar-refractivity contribution is 5.99. The third-order valence-electron chi connectivity index (χ3n) is 5.32. The quantitative estimate of drug-likeness (QED) is 0.903. The van der Waals surface area contributed by atoms with Gasteiger partial charge in [-0.05, 0) is 23.8 Å². The number of para-hydroxylation sites is 2. The summed E-state index contributed by atoms with van der Waals surface area (Å²) >= 11 is 0. The lowest BCUT2D eigenvalue weighted by Gasteiger charge is -2.37. The van der Waals surface area contributed by atoms with Crippen molar-refractivity contribution < 1.29 is 14.3 Å². The Morgan fingerprint density at radius 2 is 1.78 bits per heavy atom. The Hall–Kier alpha value is -3.02. The van der Waals surface area contributed by atoms with Gasteiger partial charge < -0.3 is 19.9 Å². The molecule has 2 aromatic carbocycles. The average molecular weight is 365 g/mol. The summed E-state index contributed by atoms with van der Waals surface area (Å²) in [5.74, 6) is 0.837. The Morgan fingerprint density at radius 1 is 1.07 bits per heavy atom. The maximum atomic E-state index is 12.8. The molecule has 1 fully saturated rings. The smallest absolute Gasteiger partial charge is 0.252 e. The van der Waals surface area contributed by atoms with E-state index in [0.29, 0.717) is 25.1 Å². The fourth-order valence-electron chi connectivity index (χ4n) is 3.87. The molecule has 2 amide bonds. The van der Waals surface area contributed by atoms with Gasteiger partial charge in [-0.25, -0.2) is 0 Å². The van der Waals surface area contributed by atoms with Crippen LogP contribution in [0.2, 0.25) is 0 Å². The van der Waals surface area contributed by atoms with E-state index in [4.69, 9.17) is 4.74 Å². The number of hydrogen-bond acceptors (Lipinski definition) is 4. The molecule has 0 aliphatic carbocycles. The van der Waals surface area contributed by atoms with Gasteiger partial charge in [-0.1, -0.05) is 30.3 Å². The van der Waals surface area contributed by atoms with Crippen molar-refractivity contribution in [2.75, 3.05) is 38.2 Å². The van der Waals surface area contributed by atoms with E-state index in [1.807, 2.05) is 47.4 Å². The Morgan fingerprint density at radius 3 is 2.56 bits per heavy atom. The molecule has 4 rings (SSSR count). The molecular weight excluding hydrogens is 342 g/mol. The summed E-state index contributed by atoms with van der Waals surface area (Å²) in [4.78, 5) is 28.9. The molecule has 6 nitrogen and oxygen atoms in total. The van der Waals surface area contributed by atoms with E-state index in [1.165, 1.54) is 0 Å². The van der Waals surface area contributed by atoms with E-state index in [2.05, 4.69) is 10.2 Å². The van der Waals surface area contributed by atoms with Crippen molar-refractivity contribution in [2.24, 2.45) is 0 Å². The molecule has 1 unspecified atom stereocenters. The van der Waals surface area contributed by atoms with E-state index in [-0.39, 0.29) is 17.9 Å². The zero-order chi connectivity index (χ0) is 18.8. The van der Waals surface area contributed by atoms with Crippen molar-refractivity contribution in [1.29, 1.82) is 0 Å². The van der Waals surface area contributed by atoms with Gasteiger partial charge in [0, 0.05) is 31.7 Å². The summed E-state index contributed by atoms with van der Waals surface area (Å²) in [5, 5.41) is 2.93. The number of fused-ring (bicyclic) bond motifs is 1. The van der Waals surface area contributed by atoms with E-state index < -0.39 is 0 Å². The standard InChI is InChI=1S/C21H23N3O3/c1-27-19-9-5-4-8-18(19)23-10-12-24(13-11-23)20(25)14-17-15-6-2-3-7-16(15)21(26)22-17/h2-9,17H,10-14H2,1H3,(H,22,26). The number of hydrogen-bond donors (Lipinski definition) is 1. The summed E-state index contributed by atoms with van der Waals surface area (Å²) in [6.45, 7) is 2.86. The van der Waals surface area contributed by atoms with Crippen LogP contribution in [-0.4, -0.2) is 50.0 Å². The molecule has 0 saturated carbocycles. The highest BCUT2D eigenvalue weighted by Gasteiger charge is 2.31. The van der Waals surface area contributed by atoms with Crippen LogP contribution in [0, 0.1) is 0 Å². The number of piperazine rings is 1. The fourth-order valence-corrected chi connectivity index (χ4v) is 3.87. The van der Waals surface area contributed by atoms with Gasteiger partial charge in [0.15, 0.2) is 0 Å². The van der Waals surface area contributed by atoms with Crippen molar-refractivity contribution in [2.45, 2.75) is 12.5 Å². The molecule has 1 saturated heterocycles. The monoisotopic (exact) mass is 365 g/mol. The second kappa shape index (κ2) is 7.31. The van der Waals surface area contributed by atoms with E-state index in [1.54, 1.807) is 13.2 Å². The van der Waals surface area contributed by atoms with Crippen LogP contribution in [0.15, 0.2) is 48.5 Å². The molecule has 0 spiro atoms. The first-order chi connectivity index (χ1) is 13.2. The lowest BCUT2D eigenvalue weighted by Crippen LogP contribution is -2.49. The maximum absolute atomic E-state index is 12.8. The maximum Gasteiger partial charge on any atom is 0.252 e. The van der Waals surface area contributed by atoms with E-state index in [0.717, 1.165) is 30.1 Å². The minimum atomic E-state index is -0.228. The predicted molar refractivity (Wildman–Crippen MR) is 103 cm³/mol. The van der Waals surface area contributed by atoms with E-state index in [9.17, 15) is 9.59 Å². The number of methoxy groups -OCH3 is 1. The number of nitrogens with zero attached hydrogens (tertiary/aromatic N) is 2. The normalized spacial score (nSPS) is 18.9. The van der Waals surface area contributed by atoms with Crippen molar-refractivity contribution >= 4 is 17.5 Å². The number of nitrogens with one attached hydrogen (secondary N) is 1. The van der Waals surface area contributed by atoms with Crippen LogP contribution in [0.3, 0.4) is 0 Å². The number of ether oxygens (including phenoxy) is 1. The van der Waals surface area contributed by atoms with Gasteiger partial charge in [0.1, 0.15) is 5.75 Å². The minimum Gasteiger partial charge on any atom is -0.495 e. The van der Waals surface area contributed by atoms with Crippen LogP contribution in [0.1, 0.15) is 28.4 Å². The number of anilines is 1. The molecule has 140 valence electrons. The van der Waals surface area contributed by atoms with Crippen molar-refractivity contribution in [3.63, 3.8) is 0 Å². The first-order valence-electron chi connectivity index (χ1n) is 9.23. The molecule has 0 aromatic heterocycles. The summed E-state index contributed by atoms with van der Waals surface area (Å²) in [6.07, 6.45) is 0.303. The van der Waals surface area contributed by atoms with E-state index >= 15 is 0 Å². The second-order valence-electron chi connectivity index (χ2n) is 6.86. The SMILES string of the molecule is COc1ccccc1N1CCN(C(=O)CC2NC(=O)c3ccccc32)CC1. The fraction of sp³-hybridized carbons (Fsp3) is 0.333. The molecule has 2 aliphatic rings. The van der Waals surface area contributed by atoms with Gasteiger partial charge >= 0.3 is 0 Å². The molecule has 2 heterocycles. The third-order valence-corrected chi connectivity index (χ3v) is 5.32. The Labute approximate surface area is 158 Å². The third kappa shape index (κ3) is 3.35. The summed E-state index contributed by atoms with van der Waals surface area (Å²) in [7, 11) is 1.67. The number of rotatable bonds is 4. The molecule has 0 radical (unpaired) electrons. The van der Waals surface area contributed by atoms with Gasteiger partial charge in [0.25, 0.3) is 5.91 Å². The highest BCUT2D eigenvalue weighted by Crippen LogP contribution is 2.30. The van der Waals surface area contributed by atoms with Crippen molar-refractivity contribution in [3.05, 3.63) is 59.7 Å². The Bertz CT molecular complexity index is 859. The van der Waals surface area contributed by atoms with Crippen LogP contribution in [0.4, 0.5) is 5.69 Å². The lowest BCUT2D eigenvalue weighted by atomic mass is 10.0. The molecule has 2 aromatic rings. The predicted octanol–water partition coefficient (Wildman–Crippen LogP) is 2.22. The number of amides is 2. The average Bonchev–Trinajstić information content (AvgIpc) is 3.04. The molecule has 0 bridgehead atoms. The van der Waals surface area contributed by atoms with Crippen LogP contribution >= 0.6 is 0 Å². The zero-order valence-corrected chi connectivity index (χ0v) is 15.4. The summed E-state index contributed by atoms with van der Waals surface area (Å²) in [6, 6.07) is 15.2. The van der Waals surface area contributed by atoms with Gasteiger partial charge in [-0.15, -0.1) is 0 Å². The van der Waals surface area contributed by atoms with Gasteiger partial charge in [-0.3, -0.25) is 9.59 Å².